The first-order valence-electron chi connectivity index (χ1n) is 4.62. The fourth-order valence-corrected chi connectivity index (χ4v) is 4.43. The summed E-state index contributed by atoms with van der Waals surface area (Å²) in [6.07, 6.45) is 2.57. The minimum Gasteiger partial charge on any atom is -0.324 e. The zero-order chi connectivity index (χ0) is 11.7. The lowest BCUT2D eigenvalue weighted by Gasteiger charge is -2.08. The number of hydrogen-bond acceptors (Lipinski definition) is 4. The van der Waals surface area contributed by atoms with Crippen LogP contribution in [0.25, 0.3) is 0 Å². The lowest BCUT2D eigenvalue weighted by molar-refractivity contribution is 0.694. The molecule has 0 aromatic carbocycles. The molecule has 2 heterocycles. The third-order valence-electron chi connectivity index (χ3n) is 2.16. The Labute approximate surface area is 114 Å². The molecule has 2 aromatic heterocycles. The molecule has 86 valence electrons. The van der Waals surface area contributed by atoms with Crippen molar-refractivity contribution in [3.63, 3.8) is 0 Å². The number of nitrogens with two attached hydrogens (primary N) is 1. The lowest BCUT2D eigenvalue weighted by atomic mass is 10.1. The molecular formula is C9H10Br2N4S. The number of halogens is 2. The Morgan fingerprint density at radius 3 is 2.81 bits per heavy atom. The van der Waals surface area contributed by atoms with Gasteiger partial charge >= 0.3 is 0 Å². The largest absolute Gasteiger partial charge is 0.324 e. The summed E-state index contributed by atoms with van der Waals surface area (Å²) in [5.41, 5.74) is 8.14. The van der Waals surface area contributed by atoms with Crippen molar-refractivity contribution < 1.29 is 0 Å². The third kappa shape index (κ3) is 2.71. The first-order chi connectivity index (χ1) is 7.56. The quantitative estimate of drug-likeness (QED) is 0.909. The van der Waals surface area contributed by atoms with Gasteiger partial charge in [0, 0.05) is 25.7 Å². The molecule has 2 aromatic rings. The van der Waals surface area contributed by atoms with E-state index in [-0.39, 0.29) is 6.04 Å². The number of rotatable bonds is 3. The Hall–Kier alpha value is -0.240. The highest BCUT2D eigenvalue weighted by atomic mass is 79.9. The van der Waals surface area contributed by atoms with E-state index in [1.54, 1.807) is 16.0 Å². The maximum absolute atomic E-state index is 6.13. The van der Waals surface area contributed by atoms with Crippen LogP contribution in [0.3, 0.4) is 0 Å². The number of aromatic nitrogens is 3. The van der Waals surface area contributed by atoms with E-state index in [0.717, 1.165) is 18.8 Å². The molecule has 0 aliphatic carbocycles. The molecule has 4 nitrogen and oxygen atoms in total. The minimum atomic E-state index is -0.0615. The molecule has 0 saturated carbocycles. The van der Waals surface area contributed by atoms with Gasteiger partial charge in [0.2, 0.25) is 0 Å². The summed E-state index contributed by atoms with van der Waals surface area (Å²) >= 11 is 8.57. The van der Waals surface area contributed by atoms with Crippen LogP contribution in [-0.2, 0) is 13.5 Å². The van der Waals surface area contributed by atoms with E-state index in [2.05, 4.69) is 42.2 Å². The van der Waals surface area contributed by atoms with Crippen LogP contribution >= 0.6 is 43.2 Å². The molecule has 0 saturated heterocycles. The number of thiophene rings is 1. The molecule has 0 radical (unpaired) electrons. The van der Waals surface area contributed by atoms with E-state index < -0.39 is 0 Å². The fraction of sp³-hybridized carbons (Fsp3) is 0.333. The third-order valence-corrected chi connectivity index (χ3v) is 4.55. The first kappa shape index (κ1) is 12.2. The maximum atomic E-state index is 6.13. The molecule has 0 fully saturated rings. The van der Waals surface area contributed by atoms with E-state index in [1.165, 1.54) is 0 Å². The molecule has 1 atom stereocenters. The van der Waals surface area contributed by atoms with Gasteiger partial charge in [-0.05, 0) is 43.5 Å². The zero-order valence-electron chi connectivity index (χ0n) is 8.52. The summed E-state index contributed by atoms with van der Waals surface area (Å²) in [5.74, 6) is 0. The van der Waals surface area contributed by atoms with Crippen LogP contribution in [0.5, 0.6) is 0 Å². The molecule has 2 N–H and O–H groups in total. The molecule has 0 aliphatic heterocycles. The highest BCUT2D eigenvalue weighted by molar-refractivity contribution is 9.12. The first-order valence-corrected chi connectivity index (χ1v) is 7.02. The number of nitrogens with zero attached hydrogens (tertiary/aromatic N) is 3. The van der Waals surface area contributed by atoms with E-state index >= 15 is 0 Å². The highest BCUT2D eigenvalue weighted by Crippen LogP contribution is 2.35. The second-order valence-corrected chi connectivity index (χ2v) is 7.22. The summed E-state index contributed by atoms with van der Waals surface area (Å²) in [7, 11) is 1.85. The normalized spacial score (nSPS) is 13.0. The Morgan fingerprint density at radius 2 is 2.31 bits per heavy atom. The Balaban J connectivity index is 2.14. The number of hydrogen-bond donors (Lipinski definition) is 1. The van der Waals surface area contributed by atoms with Crippen molar-refractivity contribution in [2.75, 3.05) is 0 Å². The van der Waals surface area contributed by atoms with Gasteiger partial charge in [-0.3, -0.25) is 4.68 Å². The number of aryl methyl sites for hydroxylation is 1. The van der Waals surface area contributed by atoms with Crippen molar-refractivity contribution in [2.24, 2.45) is 12.8 Å². The van der Waals surface area contributed by atoms with E-state index in [0.29, 0.717) is 6.42 Å². The van der Waals surface area contributed by atoms with Gasteiger partial charge < -0.3 is 5.73 Å². The van der Waals surface area contributed by atoms with Crippen molar-refractivity contribution in [1.82, 2.24) is 15.0 Å². The van der Waals surface area contributed by atoms with Crippen LogP contribution in [0.2, 0.25) is 0 Å². The summed E-state index contributed by atoms with van der Waals surface area (Å²) in [5, 5.41) is 7.91. The Kier molecular flexibility index (Phi) is 3.78. The van der Waals surface area contributed by atoms with Crippen molar-refractivity contribution >= 4 is 43.2 Å². The molecule has 16 heavy (non-hydrogen) atoms. The van der Waals surface area contributed by atoms with Crippen molar-refractivity contribution in [3.05, 3.63) is 31.1 Å². The zero-order valence-corrected chi connectivity index (χ0v) is 12.5. The van der Waals surface area contributed by atoms with Gasteiger partial charge in [-0.15, -0.1) is 16.4 Å². The van der Waals surface area contributed by atoms with Crippen LogP contribution in [0.4, 0.5) is 0 Å². The predicted octanol–water partition coefficient (Wildman–Crippen LogP) is 2.64. The summed E-state index contributed by atoms with van der Waals surface area (Å²) in [6, 6.07) is 1.98. The van der Waals surface area contributed by atoms with Gasteiger partial charge in [0.25, 0.3) is 0 Å². The molecule has 0 aliphatic rings. The predicted molar refractivity (Wildman–Crippen MR) is 71.4 cm³/mol. The summed E-state index contributed by atoms with van der Waals surface area (Å²) < 4.78 is 3.82. The van der Waals surface area contributed by atoms with Crippen molar-refractivity contribution in [1.29, 1.82) is 0 Å². The van der Waals surface area contributed by atoms with Crippen LogP contribution in [0.15, 0.2) is 19.8 Å². The monoisotopic (exact) mass is 364 g/mol. The van der Waals surface area contributed by atoms with Gasteiger partial charge in [0.05, 0.1) is 13.3 Å². The molecule has 7 heteroatoms. The van der Waals surface area contributed by atoms with Gasteiger partial charge in [-0.1, -0.05) is 5.21 Å². The molecule has 2 rings (SSSR count). The molecule has 0 bridgehead atoms. The second kappa shape index (κ2) is 4.95. The standard InChI is InChI=1S/C9H10Br2N4S/c1-15-4-5(13-14-15)2-7(12)6-3-8(10)16-9(6)11/h3-4,7H,2,12H2,1H3. The lowest BCUT2D eigenvalue weighted by Crippen LogP contribution is -2.13. The van der Waals surface area contributed by atoms with Crippen molar-refractivity contribution in [2.45, 2.75) is 12.5 Å². The molecule has 0 spiro atoms. The van der Waals surface area contributed by atoms with Gasteiger partial charge in [-0.25, -0.2) is 0 Å². The van der Waals surface area contributed by atoms with Crippen LogP contribution in [-0.4, -0.2) is 15.0 Å². The highest BCUT2D eigenvalue weighted by Gasteiger charge is 2.15. The fourth-order valence-electron chi connectivity index (χ4n) is 1.43. The smallest absolute Gasteiger partial charge is 0.0845 e. The van der Waals surface area contributed by atoms with Crippen LogP contribution in [0, 0.1) is 0 Å². The van der Waals surface area contributed by atoms with Crippen LogP contribution in [0.1, 0.15) is 17.3 Å². The van der Waals surface area contributed by atoms with E-state index in [4.69, 9.17) is 5.73 Å². The summed E-state index contributed by atoms with van der Waals surface area (Å²) in [4.78, 5) is 0. The average molecular weight is 366 g/mol. The van der Waals surface area contributed by atoms with Crippen LogP contribution < -0.4 is 5.73 Å². The van der Waals surface area contributed by atoms with E-state index in [1.807, 2.05) is 19.3 Å². The molecular weight excluding hydrogens is 356 g/mol. The minimum absolute atomic E-state index is 0.0615. The van der Waals surface area contributed by atoms with Gasteiger partial charge in [-0.2, -0.15) is 0 Å². The Bertz CT molecular complexity index is 493. The van der Waals surface area contributed by atoms with Gasteiger partial charge in [0.1, 0.15) is 0 Å². The van der Waals surface area contributed by atoms with Gasteiger partial charge in [0.15, 0.2) is 0 Å². The molecule has 0 amide bonds. The topological polar surface area (TPSA) is 56.7 Å². The SMILES string of the molecule is Cn1cc(CC(N)c2cc(Br)sc2Br)nn1. The van der Waals surface area contributed by atoms with Crippen molar-refractivity contribution in [3.8, 4) is 0 Å². The molecule has 1 unspecified atom stereocenters. The Morgan fingerprint density at radius 1 is 1.56 bits per heavy atom. The van der Waals surface area contributed by atoms with E-state index in [9.17, 15) is 0 Å². The average Bonchev–Trinajstić information content (AvgIpc) is 2.73. The summed E-state index contributed by atoms with van der Waals surface area (Å²) in [6.45, 7) is 0. The maximum Gasteiger partial charge on any atom is 0.0845 e. The second-order valence-electron chi connectivity index (χ2n) is 3.47.